The molecule has 1 saturated carbocycles. The average Bonchev–Trinajstić information content (AvgIpc) is 3.31. The minimum Gasteiger partial charge on any atom is -0.618 e. The van der Waals surface area contributed by atoms with Crippen molar-refractivity contribution >= 4 is 27.6 Å². The number of Topliss-reactive ketones (excluding diaryl/α,β-unsaturated/α-hetero) is 1. The van der Waals surface area contributed by atoms with Gasteiger partial charge in [-0.1, -0.05) is 19.3 Å². The molecule has 2 N–H and O–H groups in total. The fourth-order valence-corrected chi connectivity index (χ4v) is 6.92. The Hall–Kier alpha value is -2.53. The van der Waals surface area contributed by atoms with Gasteiger partial charge in [-0.2, -0.15) is 9.04 Å². The molecular weight excluding hydrogens is 424 g/mol. The Balaban J connectivity index is 1.58. The van der Waals surface area contributed by atoms with Crippen molar-refractivity contribution in [1.82, 2.24) is 9.21 Å². The summed E-state index contributed by atoms with van der Waals surface area (Å²) in [5.74, 6) is -2.05. The molecule has 3 fully saturated rings. The maximum absolute atomic E-state index is 13.4. The molecule has 168 valence electrons. The van der Waals surface area contributed by atoms with E-state index in [0.717, 1.165) is 10.7 Å². The molecule has 0 aromatic carbocycles. The molecule has 0 radical (unpaired) electrons. The van der Waals surface area contributed by atoms with Gasteiger partial charge < -0.3 is 15.8 Å². The summed E-state index contributed by atoms with van der Waals surface area (Å²) in [5, 5.41) is 11.9. The zero-order chi connectivity index (χ0) is 22.4. The number of nitrogens with zero attached hydrogens (tertiary/aromatic N) is 3. The number of fused-ring (bicyclic) bond motifs is 1. The zero-order valence-electron chi connectivity index (χ0n) is 17.1. The fraction of sp³-hybridized carbons (Fsp3) is 0.600. The van der Waals surface area contributed by atoms with Gasteiger partial charge >= 0.3 is 0 Å². The molecule has 3 aliphatic rings. The van der Waals surface area contributed by atoms with E-state index in [4.69, 9.17) is 5.73 Å². The highest BCUT2D eigenvalue weighted by atomic mass is 32.2. The number of nitrogens with two attached hydrogens (primary N) is 1. The maximum Gasteiger partial charge on any atom is 0.238 e. The van der Waals surface area contributed by atoms with Crippen LogP contribution in [0.15, 0.2) is 24.4 Å². The van der Waals surface area contributed by atoms with Crippen molar-refractivity contribution in [2.24, 2.45) is 11.1 Å². The Kier molecular flexibility index (Phi) is 5.50. The molecule has 10 nitrogen and oxygen atoms in total. The molecule has 1 aliphatic carbocycles. The number of pyridine rings is 1. The van der Waals surface area contributed by atoms with Gasteiger partial charge in [-0.3, -0.25) is 14.4 Å². The smallest absolute Gasteiger partial charge is 0.238 e. The Labute approximate surface area is 180 Å². The summed E-state index contributed by atoms with van der Waals surface area (Å²) in [6.07, 6.45) is 4.54. The molecule has 2 atom stereocenters. The maximum atomic E-state index is 13.4. The van der Waals surface area contributed by atoms with Crippen molar-refractivity contribution in [3.05, 3.63) is 35.3 Å². The number of amides is 2. The summed E-state index contributed by atoms with van der Waals surface area (Å²) in [5.41, 5.74) is 4.36. The Morgan fingerprint density at radius 3 is 2.58 bits per heavy atom. The van der Waals surface area contributed by atoms with Crippen LogP contribution in [0.2, 0.25) is 0 Å². The number of hydrogen-bond donors (Lipinski definition) is 1. The molecule has 1 aromatic heterocycles. The Morgan fingerprint density at radius 2 is 1.94 bits per heavy atom. The lowest BCUT2D eigenvalue weighted by atomic mass is 9.72. The van der Waals surface area contributed by atoms with Gasteiger partial charge in [0.05, 0.1) is 12.6 Å². The highest BCUT2D eigenvalue weighted by Gasteiger charge is 2.57. The van der Waals surface area contributed by atoms with Crippen LogP contribution >= 0.6 is 0 Å². The summed E-state index contributed by atoms with van der Waals surface area (Å²) in [6, 6.07) is 2.87. The molecule has 31 heavy (non-hydrogen) atoms. The number of hydrogen-bond acceptors (Lipinski definition) is 6. The van der Waals surface area contributed by atoms with Gasteiger partial charge in [-0.15, -0.1) is 0 Å². The third kappa shape index (κ3) is 3.59. The second-order valence-electron chi connectivity index (χ2n) is 8.59. The molecule has 2 saturated heterocycles. The van der Waals surface area contributed by atoms with E-state index in [1.165, 1.54) is 23.2 Å². The van der Waals surface area contributed by atoms with E-state index in [9.17, 15) is 28.0 Å². The second-order valence-corrected chi connectivity index (χ2v) is 10.5. The first-order valence-corrected chi connectivity index (χ1v) is 12.1. The summed E-state index contributed by atoms with van der Waals surface area (Å²) >= 11 is 0. The average molecular weight is 451 g/mol. The van der Waals surface area contributed by atoms with Gasteiger partial charge in [0.15, 0.2) is 17.7 Å². The van der Waals surface area contributed by atoms with Gasteiger partial charge in [-0.25, -0.2) is 8.42 Å². The first-order chi connectivity index (χ1) is 14.7. The second kappa shape index (κ2) is 7.86. The summed E-state index contributed by atoms with van der Waals surface area (Å²) in [7, 11) is -3.97. The van der Waals surface area contributed by atoms with E-state index < -0.39 is 45.1 Å². The van der Waals surface area contributed by atoms with Crippen LogP contribution in [0.1, 0.15) is 44.2 Å². The van der Waals surface area contributed by atoms with Gasteiger partial charge in [-0.05, 0) is 25.3 Å². The topological polar surface area (TPSA) is 145 Å². The predicted octanol–water partition coefficient (Wildman–Crippen LogP) is -0.560. The number of aromatic nitrogens is 1. The molecule has 2 unspecified atom stereocenters. The predicted molar refractivity (Wildman–Crippen MR) is 108 cm³/mol. The van der Waals surface area contributed by atoms with Crippen molar-refractivity contribution in [3.8, 4) is 0 Å². The summed E-state index contributed by atoms with van der Waals surface area (Å²) in [4.78, 5) is 39.9. The monoisotopic (exact) mass is 450 g/mol. The molecular formula is C20H26N4O6S. The first-order valence-electron chi connectivity index (χ1n) is 10.5. The number of ketones is 1. The summed E-state index contributed by atoms with van der Waals surface area (Å²) < 4.78 is 27.7. The van der Waals surface area contributed by atoms with Crippen molar-refractivity contribution in [2.75, 3.05) is 13.1 Å². The van der Waals surface area contributed by atoms with E-state index in [0.29, 0.717) is 36.8 Å². The van der Waals surface area contributed by atoms with Crippen LogP contribution in [0.5, 0.6) is 0 Å². The largest absolute Gasteiger partial charge is 0.618 e. The highest BCUT2D eigenvalue weighted by Crippen LogP contribution is 2.41. The van der Waals surface area contributed by atoms with Crippen LogP contribution in [0.3, 0.4) is 0 Å². The van der Waals surface area contributed by atoms with Gasteiger partial charge in [0, 0.05) is 18.7 Å². The molecule has 2 amide bonds. The van der Waals surface area contributed by atoms with E-state index >= 15 is 0 Å². The fourth-order valence-electron chi connectivity index (χ4n) is 5.20. The van der Waals surface area contributed by atoms with Crippen molar-refractivity contribution in [2.45, 2.75) is 56.4 Å². The van der Waals surface area contributed by atoms with Crippen LogP contribution in [0.25, 0.3) is 0 Å². The number of primary amides is 1. The Morgan fingerprint density at radius 1 is 1.23 bits per heavy atom. The lowest BCUT2D eigenvalue weighted by Gasteiger charge is -2.37. The lowest BCUT2D eigenvalue weighted by Crippen LogP contribution is -2.55. The summed E-state index contributed by atoms with van der Waals surface area (Å²) in [6.45, 7) is -0.162. The van der Waals surface area contributed by atoms with E-state index in [2.05, 4.69) is 0 Å². The molecule has 0 spiro atoms. The van der Waals surface area contributed by atoms with Crippen LogP contribution in [0.4, 0.5) is 0 Å². The normalized spacial score (nSPS) is 26.1. The van der Waals surface area contributed by atoms with E-state index in [1.54, 1.807) is 6.07 Å². The van der Waals surface area contributed by atoms with E-state index in [1.807, 2.05) is 0 Å². The SMILES string of the molecule is NC(=O)C1(C(=O)N2CCC3C2C(=O)CN3S(=O)(=O)Cc2cccc[n+]2[O-])CCCCC1. The zero-order valence-corrected chi connectivity index (χ0v) is 17.9. The van der Waals surface area contributed by atoms with Gasteiger partial charge in [0.1, 0.15) is 11.5 Å². The number of rotatable bonds is 5. The number of carbonyl (C=O) groups excluding carboxylic acids is 3. The van der Waals surface area contributed by atoms with E-state index in [-0.39, 0.29) is 24.6 Å². The van der Waals surface area contributed by atoms with Crippen LogP contribution in [-0.2, 0) is 30.2 Å². The van der Waals surface area contributed by atoms with Crippen molar-refractivity contribution < 1.29 is 27.5 Å². The first kappa shape index (κ1) is 21.7. The van der Waals surface area contributed by atoms with Crippen LogP contribution in [0, 0.1) is 10.6 Å². The molecule has 0 bridgehead atoms. The minimum atomic E-state index is -3.97. The molecule has 3 heterocycles. The standard InChI is InChI=1S/C20H26N4O6S/c21-18(26)20(8-3-1-4-9-20)19(27)22-11-7-15-17(22)16(25)12-24(15)31(29,30)13-14-6-2-5-10-23(14)28/h2,5-6,10,15,17H,1,3-4,7-9,11-13H2,(H2,21,26). The number of sulfonamides is 1. The van der Waals surface area contributed by atoms with Crippen molar-refractivity contribution in [3.63, 3.8) is 0 Å². The third-order valence-electron chi connectivity index (χ3n) is 6.82. The highest BCUT2D eigenvalue weighted by molar-refractivity contribution is 7.88. The number of carbonyl (C=O) groups is 3. The molecule has 4 rings (SSSR count). The molecule has 1 aromatic rings. The Bertz CT molecular complexity index is 1020. The van der Waals surface area contributed by atoms with Gasteiger partial charge in [0.2, 0.25) is 27.5 Å². The minimum absolute atomic E-state index is 0.0548. The molecule has 11 heteroatoms. The van der Waals surface area contributed by atoms with Crippen LogP contribution < -0.4 is 10.5 Å². The molecule has 2 aliphatic heterocycles. The quantitative estimate of drug-likeness (QED) is 0.362. The lowest BCUT2D eigenvalue weighted by molar-refractivity contribution is -0.612. The van der Waals surface area contributed by atoms with Gasteiger partial charge in [0.25, 0.3) is 0 Å². The number of likely N-dealkylation sites (tertiary alicyclic amines) is 1. The van der Waals surface area contributed by atoms with Crippen LogP contribution in [-0.4, -0.2) is 60.4 Å². The van der Waals surface area contributed by atoms with Crippen molar-refractivity contribution in [1.29, 1.82) is 0 Å². The third-order valence-corrected chi connectivity index (χ3v) is 8.59.